The van der Waals surface area contributed by atoms with Crippen molar-refractivity contribution in [3.63, 3.8) is 0 Å². The standard InChI is InChI=1S/C14H21N3/c1-2-9-17-13(15)12(10-7-8-10)16-14(17)11-5-3-4-6-11/h2,10-11H,1,3-9,15H2. The van der Waals surface area contributed by atoms with Crippen LogP contribution in [-0.2, 0) is 6.54 Å². The van der Waals surface area contributed by atoms with Gasteiger partial charge in [-0.05, 0) is 25.7 Å². The zero-order valence-corrected chi connectivity index (χ0v) is 10.4. The Kier molecular flexibility index (Phi) is 2.69. The van der Waals surface area contributed by atoms with Crippen LogP contribution >= 0.6 is 0 Å². The van der Waals surface area contributed by atoms with Gasteiger partial charge in [0.25, 0.3) is 0 Å². The lowest BCUT2D eigenvalue weighted by Crippen LogP contribution is -2.08. The Morgan fingerprint density at radius 3 is 2.53 bits per heavy atom. The molecule has 3 nitrogen and oxygen atoms in total. The second-order valence-corrected chi connectivity index (χ2v) is 5.40. The number of hydrogen-bond acceptors (Lipinski definition) is 2. The molecule has 3 rings (SSSR count). The molecule has 2 N–H and O–H groups in total. The molecule has 1 aromatic heterocycles. The molecule has 1 heterocycles. The molecule has 0 atom stereocenters. The van der Waals surface area contributed by atoms with Gasteiger partial charge in [-0.2, -0.15) is 0 Å². The molecule has 1 aromatic rings. The third kappa shape index (κ3) is 1.88. The summed E-state index contributed by atoms with van der Waals surface area (Å²) in [5.74, 6) is 3.39. The number of allylic oxidation sites excluding steroid dienone is 1. The van der Waals surface area contributed by atoms with Crippen LogP contribution in [0.1, 0.15) is 61.9 Å². The lowest BCUT2D eigenvalue weighted by Gasteiger charge is -2.11. The zero-order chi connectivity index (χ0) is 11.8. The summed E-state index contributed by atoms with van der Waals surface area (Å²) in [6.07, 6.45) is 9.68. The fourth-order valence-corrected chi connectivity index (χ4v) is 2.98. The van der Waals surface area contributed by atoms with Gasteiger partial charge in [0.05, 0.1) is 5.69 Å². The van der Waals surface area contributed by atoms with E-state index >= 15 is 0 Å². The molecule has 2 saturated carbocycles. The molecule has 2 fully saturated rings. The minimum Gasteiger partial charge on any atom is -0.384 e. The summed E-state index contributed by atoms with van der Waals surface area (Å²) in [6.45, 7) is 4.63. The van der Waals surface area contributed by atoms with E-state index in [1.807, 2.05) is 6.08 Å². The summed E-state index contributed by atoms with van der Waals surface area (Å²) in [6, 6.07) is 0. The smallest absolute Gasteiger partial charge is 0.127 e. The minimum absolute atomic E-state index is 0.629. The first-order chi connectivity index (χ1) is 8.31. The molecule has 0 radical (unpaired) electrons. The van der Waals surface area contributed by atoms with Crippen LogP contribution in [0.3, 0.4) is 0 Å². The van der Waals surface area contributed by atoms with Crippen LogP contribution in [0.25, 0.3) is 0 Å². The van der Waals surface area contributed by atoms with Crippen molar-refractivity contribution in [1.29, 1.82) is 0 Å². The van der Waals surface area contributed by atoms with Gasteiger partial charge in [0, 0.05) is 18.4 Å². The maximum atomic E-state index is 6.25. The molecule has 2 aliphatic rings. The molecule has 92 valence electrons. The summed E-state index contributed by atoms with van der Waals surface area (Å²) in [5.41, 5.74) is 7.41. The summed E-state index contributed by atoms with van der Waals surface area (Å²) in [5, 5.41) is 0. The predicted molar refractivity (Wildman–Crippen MR) is 70.0 cm³/mol. The largest absolute Gasteiger partial charge is 0.384 e. The van der Waals surface area contributed by atoms with Gasteiger partial charge in [-0.15, -0.1) is 6.58 Å². The van der Waals surface area contributed by atoms with Crippen molar-refractivity contribution in [3.8, 4) is 0 Å². The molecule has 3 heteroatoms. The Morgan fingerprint density at radius 1 is 1.24 bits per heavy atom. The number of nitrogen functional groups attached to an aromatic ring is 1. The van der Waals surface area contributed by atoms with Crippen LogP contribution in [0.5, 0.6) is 0 Å². The van der Waals surface area contributed by atoms with Crippen LogP contribution in [0.2, 0.25) is 0 Å². The highest BCUT2D eigenvalue weighted by molar-refractivity contribution is 5.43. The van der Waals surface area contributed by atoms with E-state index in [-0.39, 0.29) is 0 Å². The summed E-state index contributed by atoms with van der Waals surface area (Å²) in [4.78, 5) is 4.86. The first kappa shape index (κ1) is 10.9. The Hall–Kier alpha value is -1.25. The van der Waals surface area contributed by atoms with Crippen molar-refractivity contribution in [3.05, 3.63) is 24.2 Å². The number of hydrogen-bond donors (Lipinski definition) is 1. The van der Waals surface area contributed by atoms with Gasteiger partial charge < -0.3 is 10.3 Å². The van der Waals surface area contributed by atoms with Gasteiger partial charge in [-0.25, -0.2) is 4.98 Å². The topological polar surface area (TPSA) is 43.8 Å². The van der Waals surface area contributed by atoms with Crippen LogP contribution in [-0.4, -0.2) is 9.55 Å². The van der Waals surface area contributed by atoms with Crippen molar-refractivity contribution < 1.29 is 0 Å². The molecular weight excluding hydrogens is 210 g/mol. The summed E-state index contributed by atoms with van der Waals surface area (Å²) < 4.78 is 2.19. The van der Waals surface area contributed by atoms with Gasteiger partial charge in [-0.3, -0.25) is 0 Å². The molecule has 0 aliphatic heterocycles. The van der Waals surface area contributed by atoms with Crippen molar-refractivity contribution in [2.75, 3.05) is 5.73 Å². The van der Waals surface area contributed by atoms with E-state index in [4.69, 9.17) is 10.7 Å². The number of aromatic nitrogens is 2. The molecule has 0 bridgehead atoms. The molecule has 0 unspecified atom stereocenters. The highest BCUT2D eigenvalue weighted by atomic mass is 15.1. The van der Waals surface area contributed by atoms with Gasteiger partial charge in [0.15, 0.2) is 0 Å². The van der Waals surface area contributed by atoms with E-state index < -0.39 is 0 Å². The van der Waals surface area contributed by atoms with Crippen LogP contribution in [0.4, 0.5) is 5.82 Å². The average Bonchev–Trinajstić information content (AvgIpc) is 2.91. The van der Waals surface area contributed by atoms with Crippen molar-refractivity contribution in [1.82, 2.24) is 9.55 Å². The van der Waals surface area contributed by atoms with Gasteiger partial charge in [-0.1, -0.05) is 18.9 Å². The first-order valence-electron chi connectivity index (χ1n) is 6.78. The number of nitrogens with two attached hydrogens (primary N) is 1. The number of imidazole rings is 1. The molecule has 17 heavy (non-hydrogen) atoms. The van der Waals surface area contributed by atoms with Gasteiger partial charge >= 0.3 is 0 Å². The zero-order valence-electron chi connectivity index (χ0n) is 10.4. The SMILES string of the molecule is C=CCn1c(C2CCCC2)nc(C2CC2)c1N. The summed E-state index contributed by atoms with van der Waals surface area (Å²) in [7, 11) is 0. The highest BCUT2D eigenvalue weighted by Crippen LogP contribution is 2.44. The monoisotopic (exact) mass is 231 g/mol. The normalized spacial score (nSPS) is 20.9. The van der Waals surface area contributed by atoms with E-state index in [1.165, 1.54) is 44.3 Å². The van der Waals surface area contributed by atoms with Crippen molar-refractivity contribution in [2.24, 2.45) is 0 Å². The number of rotatable bonds is 4. The van der Waals surface area contributed by atoms with Crippen molar-refractivity contribution in [2.45, 2.75) is 56.9 Å². The van der Waals surface area contributed by atoms with Crippen LogP contribution < -0.4 is 5.73 Å². The Bertz CT molecular complexity index is 423. The molecule has 2 aliphatic carbocycles. The lowest BCUT2D eigenvalue weighted by molar-refractivity contribution is 0.618. The van der Waals surface area contributed by atoms with Crippen LogP contribution in [0.15, 0.2) is 12.7 Å². The third-order valence-corrected chi connectivity index (χ3v) is 4.06. The minimum atomic E-state index is 0.629. The lowest BCUT2D eigenvalue weighted by atomic mass is 10.1. The van der Waals surface area contributed by atoms with Crippen molar-refractivity contribution >= 4 is 5.82 Å². The maximum Gasteiger partial charge on any atom is 0.127 e. The second kappa shape index (κ2) is 4.21. The molecule has 0 spiro atoms. The fourth-order valence-electron chi connectivity index (χ4n) is 2.98. The first-order valence-corrected chi connectivity index (χ1v) is 6.78. The van der Waals surface area contributed by atoms with Crippen LogP contribution in [0, 0.1) is 0 Å². The van der Waals surface area contributed by atoms with E-state index in [2.05, 4.69) is 11.1 Å². The second-order valence-electron chi connectivity index (χ2n) is 5.40. The number of nitrogens with zero attached hydrogens (tertiary/aromatic N) is 2. The quantitative estimate of drug-likeness (QED) is 0.809. The Labute approximate surface area is 103 Å². The number of anilines is 1. The highest BCUT2D eigenvalue weighted by Gasteiger charge is 2.32. The molecular formula is C14H21N3. The fraction of sp³-hybridized carbons (Fsp3) is 0.643. The van der Waals surface area contributed by atoms with E-state index in [1.54, 1.807) is 0 Å². The Morgan fingerprint density at radius 2 is 1.94 bits per heavy atom. The van der Waals surface area contributed by atoms with Gasteiger partial charge in [0.1, 0.15) is 11.6 Å². The Balaban J connectivity index is 1.98. The molecule has 0 amide bonds. The van der Waals surface area contributed by atoms with E-state index in [9.17, 15) is 0 Å². The molecule has 0 aromatic carbocycles. The van der Waals surface area contributed by atoms with E-state index in [0.717, 1.165) is 18.1 Å². The molecule has 0 saturated heterocycles. The third-order valence-electron chi connectivity index (χ3n) is 4.06. The maximum absolute atomic E-state index is 6.25. The summed E-state index contributed by atoms with van der Waals surface area (Å²) >= 11 is 0. The predicted octanol–water partition coefficient (Wildman–Crippen LogP) is 3.19. The van der Waals surface area contributed by atoms with Gasteiger partial charge in [0.2, 0.25) is 0 Å². The average molecular weight is 231 g/mol. The van der Waals surface area contributed by atoms with E-state index in [0.29, 0.717) is 11.8 Å².